The summed E-state index contributed by atoms with van der Waals surface area (Å²) in [6.07, 6.45) is 4.70. The second-order valence-corrected chi connectivity index (χ2v) is 5.85. The molecule has 25 heavy (non-hydrogen) atoms. The zero-order valence-corrected chi connectivity index (χ0v) is 13.8. The normalized spacial score (nSPS) is 20.0. The zero-order valence-electron chi connectivity index (χ0n) is 13.8. The van der Waals surface area contributed by atoms with E-state index in [1.165, 1.54) is 18.5 Å². The maximum Gasteiger partial charge on any atom is 0.222 e. The van der Waals surface area contributed by atoms with Crippen molar-refractivity contribution < 1.29 is 18.3 Å². The molecule has 4 nitrogen and oxygen atoms in total. The number of halogens is 2. The summed E-state index contributed by atoms with van der Waals surface area (Å²) in [5, 5.41) is 0. The minimum atomic E-state index is -0.932. The summed E-state index contributed by atoms with van der Waals surface area (Å²) in [5.41, 5.74) is 0.994. The van der Waals surface area contributed by atoms with Gasteiger partial charge in [0.2, 0.25) is 6.29 Å². The molecule has 1 aromatic heterocycles. The lowest BCUT2D eigenvalue weighted by Gasteiger charge is -2.26. The number of hydrogen-bond acceptors (Lipinski definition) is 4. The van der Waals surface area contributed by atoms with Crippen molar-refractivity contribution in [3.8, 4) is 23.2 Å². The second-order valence-electron chi connectivity index (χ2n) is 5.85. The molecule has 0 radical (unpaired) electrons. The molecule has 0 aliphatic carbocycles. The van der Waals surface area contributed by atoms with Crippen molar-refractivity contribution in [1.82, 2.24) is 9.97 Å². The largest absolute Gasteiger partial charge is 0.342 e. The van der Waals surface area contributed by atoms with Crippen molar-refractivity contribution in [2.24, 2.45) is 5.92 Å². The molecule has 0 bridgehead atoms. The van der Waals surface area contributed by atoms with Crippen molar-refractivity contribution >= 4 is 0 Å². The molecule has 1 fully saturated rings. The average molecular weight is 344 g/mol. The lowest BCUT2D eigenvalue weighted by molar-refractivity contribution is -0.170. The Labute approximate surface area is 145 Å². The van der Waals surface area contributed by atoms with E-state index in [0.29, 0.717) is 36.1 Å². The fourth-order valence-electron chi connectivity index (χ4n) is 2.52. The fraction of sp³-hybridized carbons (Fsp3) is 0.368. The Balaban J connectivity index is 1.63. The molecule has 6 heteroatoms. The SMILES string of the molecule is CCCC1COC(C#Cc2cnc(-c3ccc(F)c(F)c3)nc2)OC1. The molecule has 0 amide bonds. The number of benzene rings is 1. The molecule has 0 N–H and O–H groups in total. The number of hydrogen-bond donors (Lipinski definition) is 0. The molecule has 0 saturated carbocycles. The van der Waals surface area contributed by atoms with E-state index in [9.17, 15) is 8.78 Å². The summed E-state index contributed by atoms with van der Waals surface area (Å²) in [4.78, 5) is 8.27. The maximum atomic E-state index is 13.3. The summed E-state index contributed by atoms with van der Waals surface area (Å²) >= 11 is 0. The highest BCUT2D eigenvalue weighted by Gasteiger charge is 2.19. The third-order valence-corrected chi connectivity index (χ3v) is 3.83. The van der Waals surface area contributed by atoms with E-state index < -0.39 is 17.9 Å². The van der Waals surface area contributed by atoms with Gasteiger partial charge in [0, 0.05) is 23.9 Å². The van der Waals surface area contributed by atoms with Gasteiger partial charge >= 0.3 is 0 Å². The number of rotatable bonds is 3. The van der Waals surface area contributed by atoms with Crippen LogP contribution in [-0.2, 0) is 9.47 Å². The summed E-state index contributed by atoms with van der Waals surface area (Å²) in [7, 11) is 0. The van der Waals surface area contributed by atoms with Crippen LogP contribution in [-0.4, -0.2) is 29.5 Å². The molecule has 0 spiro atoms. The van der Waals surface area contributed by atoms with Gasteiger partial charge in [-0.1, -0.05) is 19.3 Å². The summed E-state index contributed by atoms with van der Waals surface area (Å²) in [5.74, 6) is 4.69. The van der Waals surface area contributed by atoms with Gasteiger partial charge in [0.05, 0.1) is 18.8 Å². The van der Waals surface area contributed by atoms with Crippen LogP contribution in [0.3, 0.4) is 0 Å². The van der Waals surface area contributed by atoms with Crippen LogP contribution in [0.25, 0.3) is 11.4 Å². The monoisotopic (exact) mass is 344 g/mol. The maximum absolute atomic E-state index is 13.3. The van der Waals surface area contributed by atoms with Crippen LogP contribution in [0.15, 0.2) is 30.6 Å². The summed E-state index contributed by atoms with van der Waals surface area (Å²) in [6.45, 7) is 3.44. The lowest BCUT2D eigenvalue weighted by atomic mass is 10.1. The predicted octanol–water partition coefficient (Wildman–Crippen LogP) is 3.56. The van der Waals surface area contributed by atoms with E-state index in [1.54, 1.807) is 0 Å². The highest BCUT2D eigenvalue weighted by atomic mass is 19.2. The first kappa shape index (κ1) is 17.5. The first-order chi connectivity index (χ1) is 12.2. The van der Waals surface area contributed by atoms with Crippen molar-refractivity contribution in [3.05, 3.63) is 47.8 Å². The van der Waals surface area contributed by atoms with Crippen LogP contribution in [0.5, 0.6) is 0 Å². The van der Waals surface area contributed by atoms with Gasteiger partial charge in [-0.3, -0.25) is 0 Å². The predicted molar refractivity (Wildman–Crippen MR) is 88.4 cm³/mol. The highest BCUT2D eigenvalue weighted by molar-refractivity contribution is 5.55. The Kier molecular flexibility index (Phi) is 5.69. The van der Waals surface area contributed by atoms with Crippen LogP contribution in [0.2, 0.25) is 0 Å². The number of aromatic nitrogens is 2. The van der Waals surface area contributed by atoms with E-state index in [4.69, 9.17) is 9.47 Å². The highest BCUT2D eigenvalue weighted by Crippen LogP contribution is 2.18. The van der Waals surface area contributed by atoms with Gasteiger partial charge in [0.1, 0.15) is 0 Å². The van der Waals surface area contributed by atoms with Crippen molar-refractivity contribution in [3.63, 3.8) is 0 Å². The third-order valence-electron chi connectivity index (χ3n) is 3.83. The van der Waals surface area contributed by atoms with E-state index in [0.717, 1.165) is 25.0 Å². The van der Waals surface area contributed by atoms with Crippen LogP contribution in [0.4, 0.5) is 8.78 Å². The van der Waals surface area contributed by atoms with E-state index in [1.807, 2.05) is 0 Å². The Hall–Kier alpha value is -2.36. The van der Waals surface area contributed by atoms with E-state index in [2.05, 4.69) is 28.7 Å². The quantitative estimate of drug-likeness (QED) is 0.799. The Morgan fingerprint density at radius 3 is 2.48 bits per heavy atom. The summed E-state index contributed by atoms with van der Waals surface area (Å²) < 4.78 is 37.4. The van der Waals surface area contributed by atoms with Gasteiger partial charge in [-0.2, -0.15) is 0 Å². The Bertz CT molecular complexity index is 776. The van der Waals surface area contributed by atoms with Crippen LogP contribution < -0.4 is 0 Å². The van der Waals surface area contributed by atoms with Crippen molar-refractivity contribution in [2.45, 2.75) is 26.1 Å². The molecule has 2 heterocycles. The van der Waals surface area contributed by atoms with Gasteiger partial charge in [0.25, 0.3) is 0 Å². The molecule has 0 unspecified atom stereocenters. The average Bonchev–Trinajstić information content (AvgIpc) is 2.64. The Morgan fingerprint density at radius 1 is 1.12 bits per heavy atom. The minimum Gasteiger partial charge on any atom is -0.342 e. The molecule has 2 aromatic rings. The lowest BCUT2D eigenvalue weighted by Crippen LogP contribution is -2.31. The van der Waals surface area contributed by atoms with Crippen LogP contribution in [0.1, 0.15) is 25.3 Å². The van der Waals surface area contributed by atoms with E-state index in [-0.39, 0.29) is 0 Å². The standard InChI is InChI=1S/C19H18F2N2O2/c1-2-3-14-11-24-18(25-12-14)7-4-13-9-22-19(23-10-13)15-5-6-16(20)17(21)8-15/h5-6,8-10,14,18H,2-3,11-12H2,1H3. The molecular weight excluding hydrogens is 326 g/mol. The fourth-order valence-corrected chi connectivity index (χ4v) is 2.52. The molecule has 130 valence electrons. The number of ether oxygens (including phenoxy) is 2. The molecule has 1 saturated heterocycles. The van der Waals surface area contributed by atoms with Gasteiger partial charge in [-0.15, -0.1) is 0 Å². The molecule has 3 rings (SSSR count). The first-order valence-corrected chi connectivity index (χ1v) is 8.18. The first-order valence-electron chi connectivity index (χ1n) is 8.18. The smallest absolute Gasteiger partial charge is 0.222 e. The third kappa shape index (κ3) is 4.59. The molecule has 0 atom stereocenters. The van der Waals surface area contributed by atoms with Gasteiger partial charge in [-0.25, -0.2) is 18.7 Å². The summed E-state index contributed by atoms with van der Waals surface area (Å²) in [6, 6.07) is 3.53. The number of nitrogens with zero attached hydrogens (tertiary/aromatic N) is 2. The van der Waals surface area contributed by atoms with Gasteiger partial charge in [0.15, 0.2) is 17.5 Å². The topological polar surface area (TPSA) is 44.2 Å². The van der Waals surface area contributed by atoms with Crippen LogP contribution in [0, 0.1) is 29.4 Å². The molecule has 1 aliphatic rings. The van der Waals surface area contributed by atoms with Gasteiger partial charge in [-0.05, 0) is 30.5 Å². The minimum absolute atomic E-state index is 0.303. The molecule has 1 aliphatic heterocycles. The van der Waals surface area contributed by atoms with Crippen molar-refractivity contribution in [1.29, 1.82) is 0 Å². The Morgan fingerprint density at radius 2 is 1.84 bits per heavy atom. The zero-order chi connectivity index (χ0) is 17.6. The van der Waals surface area contributed by atoms with Crippen molar-refractivity contribution in [2.75, 3.05) is 13.2 Å². The van der Waals surface area contributed by atoms with Gasteiger partial charge < -0.3 is 9.47 Å². The molecular formula is C19H18F2N2O2. The second kappa shape index (κ2) is 8.15. The molecule has 1 aromatic carbocycles. The van der Waals surface area contributed by atoms with Crippen LogP contribution >= 0.6 is 0 Å². The van der Waals surface area contributed by atoms with E-state index >= 15 is 0 Å².